The Morgan fingerprint density at radius 1 is 1.19 bits per heavy atom. The summed E-state index contributed by atoms with van der Waals surface area (Å²) in [6.07, 6.45) is 5.62. The van der Waals surface area contributed by atoms with Gasteiger partial charge in [-0.1, -0.05) is 33.6 Å². The molecule has 3 atom stereocenters. The van der Waals surface area contributed by atoms with Crippen LogP contribution in [0.3, 0.4) is 0 Å². The van der Waals surface area contributed by atoms with Crippen molar-refractivity contribution in [2.45, 2.75) is 58.9 Å². The first-order valence-corrected chi connectivity index (χ1v) is 8.05. The highest BCUT2D eigenvalue weighted by molar-refractivity contribution is 5.75. The van der Waals surface area contributed by atoms with E-state index in [0.717, 1.165) is 31.6 Å². The van der Waals surface area contributed by atoms with Gasteiger partial charge in [-0.05, 0) is 31.1 Å². The SMILES string of the molecule is CC(CN(C)C(=O)NC1CCCC(C(C)C)CC1)C(=O)O. The molecule has 0 bridgehead atoms. The molecule has 1 aliphatic rings. The van der Waals surface area contributed by atoms with E-state index in [4.69, 9.17) is 5.11 Å². The van der Waals surface area contributed by atoms with Crippen molar-refractivity contribution in [3.63, 3.8) is 0 Å². The van der Waals surface area contributed by atoms with Gasteiger partial charge in [0.15, 0.2) is 0 Å². The van der Waals surface area contributed by atoms with Crippen LogP contribution in [-0.2, 0) is 4.79 Å². The zero-order chi connectivity index (χ0) is 16.0. The number of amides is 2. The summed E-state index contributed by atoms with van der Waals surface area (Å²) < 4.78 is 0. The average molecular weight is 298 g/mol. The van der Waals surface area contributed by atoms with Crippen LogP contribution in [0.2, 0.25) is 0 Å². The molecule has 0 aromatic carbocycles. The monoisotopic (exact) mass is 298 g/mol. The van der Waals surface area contributed by atoms with E-state index in [1.54, 1.807) is 14.0 Å². The molecule has 0 spiro atoms. The largest absolute Gasteiger partial charge is 0.481 e. The molecule has 2 N–H and O–H groups in total. The van der Waals surface area contributed by atoms with Gasteiger partial charge >= 0.3 is 12.0 Å². The van der Waals surface area contributed by atoms with E-state index in [9.17, 15) is 9.59 Å². The van der Waals surface area contributed by atoms with E-state index in [1.165, 1.54) is 11.3 Å². The number of aliphatic carboxylic acids is 1. The molecule has 1 rings (SSSR count). The molecule has 5 heteroatoms. The second-order valence-corrected chi connectivity index (χ2v) is 6.78. The van der Waals surface area contributed by atoms with E-state index in [-0.39, 0.29) is 18.6 Å². The number of carboxylic acids is 1. The fraction of sp³-hybridized carbons (Fsp3) is 0.875. The van der Waals surface area contributed by atoms with Gasteiger partial charge in [0.1, 0.15) is 0 Å². The molecule has 0 aliphatic heterocycles. The maximum absolute atomic E-state index is 12.1. The minimum Gasteiger partial charge on any atom is -0.481 e. The number of carbonyl (C=O) groups excluding carboxylic acids is 1. The topological polar surface area (TPSA) is 69.6 Å². The van der Waals surface area contributed by atoms with Crippen molar-refractivity contribution in [1.82, 2.24) is 10.2 Å². The molecule has 1 aliphatic carbocycles. The van der Waals surface area contributed by atoms with Crippen molar-refractivity contribution in [3.05, 3.63) is 0 Å². The molecule has 1 saturated carbocycles. The Morgan fingerprint density at radius 3 is 2.43 bits per heavy atom. The van der Waals surface area contributed by atoms with Crippen LogP contribution in [0.1, 0.15) is 52.9 Å². The fourth-order valence-electron chi connectivity index (χ4n) is 3.00. The summed E-state index contributed by atoms with van der Waals surface area (Å²) >= 11 is 0. The molecule has 5 nitrogen and oxygen atoms in total. The molecular formula is C16H30N2O3. The molecule has 2 amide bonds. The lowest BCUT2D eigenvalue weighted by molar-refractivity contribution is -0.141. The highest BCUT2D eigenvalue weighted by Gasteiger charge is 2.24. The lowest BCUT2D eigenvalue weighted by Gasteiger charge is -2.24. The normalized spacial score (nSPS) is 24.2. The van der Waals surface area contributed by atoms with Crippen LogP contribution in [0, 0.1) is 17.8 Å². The Labute approximate surface area is 128 Å². The minimum absolute atomic E-state index is 0.156. The van der Waals surface area contributed by atoms with Gasteiger partial charge in [0.25, 0.3) is 0 Å². The summed E-state index contributed by atoms with van der Waals surface area (Å²) in [4.78, 5) is 24.4. The van der Waals surface area contributed by atoms with Crippen molar-refractivity contribution in [2.24, 2.45) is 17.8 Å². The Kier molecular flexibility index (Phi) is 6.99. The van der Waals surface area contributed by atoms with Crippen LogP contribution in [-0.4, -0.2) is 41.6 Å². The Morgan fingerprint density at radius 2 is 1.86 bits per heavy atom. The minimum atomic E-state index is -0.871. The predicted molar refractivity (Wildman–Crippen MR) is 83.2 cm³/mol. The van der Waals surface area contributed by atoms with E-state index >= 15 is 0 Å². The van der Waals surface area contributed by atoms with Gasteiger partial charge in [-0.2, -0.15) is 0 Å². The third-order valence-corrected chi connectivity index (χ3v) is 4.60. The van der Waals surface area contributed by atoms with Gasteiger partial charge in [0.2, 0.25) is 0 Å². The number of nitrogens with one attached hydrogen (secondary N) is 1. The first kappa shape index (κ1) is 17.8. The number of carboxylic acid groups (broad SMARTS) is 1. The van der Waals surface area contributed by atoms with Crippen LogP contribution in [0.4, 0.5) is 4.79 Å². The Hall–Kier alpha value is -1.26. The zero-order valence-corrected chi connectivity index (χ0v) is 13.8. The first-order valence-electron chi connectivity index (χ1n) is 8.05. The molecule has 0 saturated heterocycles. The zero-order valence-electron chi connectivity index (χ0n) is 13.8. The predicted octanol–water partition coefficient (Wildman–Crippen LogP) is 2.95. The second-order valence-electron chi connectivity index (χ2n) is 6.78. The number of carbonyl (C=O) groups is 2. The second kappa shape index (κ2) is 8.25. The third kappa shape index (κ3) is 5.94. The van der Waals surface area contributed by atoms with E-state index in [0.29, 0.717) is 5.92 Å². The molecule has 0 radical (unpaired) electrons. The van der Waals surface area contributed by atoms with E-state index in [1.807, 2.05) is 0 Å². The first-order chi connectivity index (χ1) is 9.81. The summed E-state index contributed by atoms with van der Waals surface area (Å²) in [5, 5.41) is 12.0. The standard InChI is InChI=1S/C16H30N2O3/c1-11(2)13-6-5-7-14(9-8-13)17-16(21)18(4)10-12(3)15(19)20/h11-14H,5-10H2,1-4H3,(H,17,21)(H,19,20). The number of rotatable bonds is 5. The van der Waals surface area contributed by atoms with Crippen molar-refractivity contribution in [3.8, 4) is 0 Å². The number of hydrogen-bond donors (Lipinski definition) is 2. The summed E-state index contributed by atoms with van der Waals surface area (Å²) in [7, 11) is 1.66. The van der Waals surface area contributed by atoms with Gasteiger partial charge in [-0.25, -0.2) is 4.79 Å². The Balaban J connectivity index is 2.42. The van der Waals surface area contributed by atoms with E-state index < -0.39 is 11.9 Å². The lowest BCUT2D eigenvalue weighted by Crippen LogP contribution is -2.45. The highest BCUT2D eigenvalue weighted by atomic mass is 16.4. The van der Waals surface area contributed by atoms with Gasteiger partial charge < -0.3 is 15.3 Å². The summed E-state index contributed by atoms with van der Waals surface area (Å²) in [5.41, 5.74) is 0. The van der Waals surface area contributed by atoms with Gasteiger partial charge in [-0.15, -0.1) is 0 Å². The molecule has 0 aromatic heterocycles. The van der Waals surface area contributed by atoms with Crippen LogP contribution in [0.15, 0.2) is 0 Å². The maximum atomic E-state index is 12.1. The molecule has 21 heavy (non-hydrogen) atoms. The Bertz CT molecular complexity index is 357. The molecule has 3 unspecified atom stereocenters. The van der Waals surface area contributed by atoms with Crippen LogP contribution in [0.5, 0.6) is 0 Å². The van der Waals surface area contributed by atoms with Crippen LogP contribution >= 0.6 is 0 Å². The van der Waals surface area contributed by atoms with Crippen molar-refractivity contribution >= 4 is 12.0 Å². The van der Waals surface area contributed by atoms with Gasteiger partial charge in [0, 0.05) is 19.6 Å². The quantitative estimate of drug-likeness (QED) is 0.767. The van der Waals surface area contributed by atoms with Crippen molar-refractivity contribution in [2.75, 3.05) is 13.6 Å². The van der Waals surface area contributed by atoms with Crippen LogP contribution < -0.4 is 5.32 Å². The highest BCUT2D eigenvalue weighted by Crippen LogP contribution is 2.28. The smallest absolute Gasteiger partial charge is 0.317 e. The van der Waals surface area contributed by atoms with Crippen molar-refractivity contribution < 1.29 is 14.7 Å². The third-order valence-electron chi connectivity index (χ3n) is 4.60. The van der Waals surface area contributed by atoms with Gasteiger partial charge in [-0.3, -0.25) is 4.79 Å². The molecule has 0 aromatic rings. The van der Waals surface area contributed by atoms with Gasteiger partial charge in [0.05, 0.1) is 5.92 Å². The molecule has 0 heterocycles. The number of nitrogens with zero attached hydrogens (tertiary/aromatic N) is 1. The number of urea groups is 1. The van der Waals surface area contributed by atoms with Crippen LogP contribution in [0.25, 0.3) is 0 Å². The lowest BCUT2D eigenvalue weighted by atomic mass is 9.89. The summed E-state index contributed by atoms with van der Waals surface area (Å²) in [6, 6.07) is 0.0694. The van der Waals surface area contributed by atoms with E-state index in [2.05, 4.69) is 19.2 Å². The molecular weight excluding hydrogens is 268 g/mol. The molecule has 122 valence electrons. The molecule has 1 fully saturated rings. The summed E-state index contributed by atoms with van der Waals surface area (Å²) in [5.74, 6) is 0.0549. The van der Waals surface area contributed by atoms with Crippen molar-refractivity contribution in [1.29, 1.82) is 0 Å². The number of hydrogen-bond acceptors (Lipinski definition) is 2. The fourth-order valence-corrected chi connectivity index (χ4v) is 3.00. The summed E-state index contributed by atoms with van der Waals surface area (Å²) in [6.45, 7) is 6.39. The maximum Gasteiger partial charge on any atom is 0.317 e. The average Bonchev–Trinajstić information content (AvgIpc) is 2.64.